The van der Waals surface area contributed by atoms with Crippen molar-refractivity contribution in [3.8, 4) is 5.75 Å². The van der Waals surface area contributed by atoms with Gasteiger partial charge < -0.3 is 9.47 Å². The van der Waals surface area contributed by atoms with Crippen LogP contribution in [0.4, 0.5) is 0 Å². The van der Waals surface area contributed by atoms with Gasteiger partial charge in [-0.25, -0.2) is 0 Å². The van der Waals surface area contributed by atoms with Gasteiger partial charge in [-0.3, -0.25) is 0 Å². The van der Waals surface area contributed by atoms with Crippen LogP contribution in [0.5, 0.6) is 5.75 Å². The quantitative estimate of drug-likeness (QED) is 0.554. The lowest BCUT2D eigenvalue weighted by Crippen LogP contribution is -1.85. The Bertz CT molecular complexity index is 558. The van der Waals surface area contributed by atoms with Crippen molar-refractivity contribution in [2.75, 3.05) is 13.7 Å². The van der Waals surface area contributed by atoms with Crippen LogP contribution in [-0.4, -0.2) is 13.7 Å². The van der Waals surface area contributed by atoms with Crippen LogP contribution in [0, 0.1) is 0 Å². The maximum absolute atomic E-state index is 5.43. The Morgan fingerprint density at radius 3 is 2.63 bits per heavy atom. The Hall–Kier alpha value is -1.96. The molecule has 0 aliphatic rings. The van der Waals surface area contributed by atoms with Gasteiger partial charge in [-0.2, -0.15) is 0 Å². The molecular weight excluding hydrogens is 236 g/mol. The molecule has 0 fully saturated rings. The number of hydrogen-bond donors (Lipinski definition) is 0. The zero-order valence-corrected chi connectivity index (χ0v) is 11.6. The lowest BCUT2D eigenvalue weighted by Gasteiger charge is -2.03. The van der Waals surface area contributed by atoms with E-state index in [1.54, 1.807) is 13.4 Å². The van der Waals surface area contributed by atoms with Crippen LogP contribution in [0.2, 0.25) is 0 Å². The summed E-state index contributed by atoms with van der Waals surface area (Å²) in [6, 6.07) is 12.4. The lowest BCUT2D eigenvalue weighted by molar-refractivity contribution is 0.246. The van der Waals surface area contributed by atoms with Crippen LogP contribution in [0.1, 0.15) is 25.3 Å². The fourth-order valence-electron chi connectivity index (χ4n) is 1.90. The molecular formula is C17H20O2. The van der Waals surface area contributed by atoms with Crippen molar-refractivity contribution in [1.82, 2.24) is 0 Å². The molecule has 0 aliphatic heterocycles. The Morgan fingerprint density at radius 2 is 1.84 bits per heavy atom. The summed E-state index contributed by atoms with van der Waals surface area (Å²) in [7, 11) is 1.69. The predicted molar refractivity (Wildman–Crippen MR) is 80.4 cm³/mol. The Kier molecular flexibility index (Phi) is 4.85. The zero-order chi connectivity index (χ0) is 13.5. The fourth-order valence-corrected chi connectivity index (χ4v) is 1.90. The number of ether oxygens (including phenoxy) is 2. The minimum Gasteiger partial charge on any atom is -0.501 e. The first-order valence-corrected chi connectivity index (χ1v) is 6.69. The minimum atomic E-state index is 0.789. The van der Waals surface area contributed by atoms with Gasteiger partial charge in [0.05, 0.1) is 20.0 Å². The molecule has 100 valence electrons. The number of rotatable bonds is 6. The van der Waals surface area contributed by atoms with Gasteiger partial charge in [0, 0.05) is 0 Å². The highest BCUT2D eigenvalue weighted by Crippen LogP contribution is 2.22. The summed E-state index contributed by atoms with van der Waals surface area (Å²) in [6.45, 7) is 2.95. The van der Waals surface area contributed by atoms with Crippen molar-refractivity contribution in [3.63, 3.8) is 0 Å². The van der Waals surface area contributed by atoms with E-state index in [0.29, 0.717) is 0 Å². The monoisotopic (exact) mass is 256 g/mol. The van der Waals surface area contributed by atoms with Gasteiger partial charge in [0.25, 0.3) is 0 Å². The molecule has 2 aromatic rings. The van der Waals surface area contributed by atoms with E-state index in [1.807, 2.05) is 18.2 Å². The maximum Gasteiger partial charge on any atom is 0.119 e. The van der Waals surface area contributed by atoms with Gasteiger partial charge in [-0.05, 0) is 47.0 Å². The molecule has 0 radical (unpaired) electrons. The molecule has 0 atom stereocenters. The summed E-state index contributed by atoms with van der Waals surface area (Å²) in [5, 5.41) is 2.39. The van der Waals surface area contributed by atoms with Crippen molar-refractivity contribution in [2.24, 2.45) is 0 Å². The molecule has 0 N–H and O–H groups in total. The third-order valence-electron chi connectivity index (χ3n) is 3.04. The minimum absolute atomic E-state index is 0.789. The number of hydrogen-bond acceptors (Lipinski definition) is 2. The highest BCUT2D eigenvalue weighted by atomic mass is 16.5. The van der Waals surface area contributed by atoms with E-state index in [1.165, 1.54) is 10.8 Å². The summed E-state index contributed by atoms with van der Waals surface area (Å²) in [4.78, 5) is 0. The van der Waals surface area contributed by atoms with Crippen LogP contribution < -0.4 is 4.74 Å². The number of methoxy groups -OCH3 is 1. The number of benzene rings is 2. The van der Waals surface area contributed by atoms with Gasteiger partial charge in [-0.1, -0.05) is 31.5 Å². The van der Waals surface area contributed by atoms with Crippen LogP contribution >= 0.6 is 0 Å². The standard InChI is InChI=1S/C17H20O2/c1-3-4-10-19-11-9-14-5-6-16-13-17(18-2)8-7-15(16)12-14/h5-9,11-13H,3-4,10H2,1-2H3/b11-9+. The number of unbranched alkanes of at least 4 members (excludes halogenated alkanes) is 1. The molecule has 2 heteroatoms. The van der Waals surface area contributed by atoms with Crippen molar-refractivity contribution in [3.05, 3.63) is 48.2 Å². The Labute approximate surface area is 114 Å². The SMILES string of the molecule is CCCCO/C=C/c1ccc2cc(OC)ccc2c1. The molecule has 2 nitrogen and oxygen atoms in total. The van der Waals surface area contributed by atoms with Gasteiger partial charge in [0.1, 0.15) is 5.75 Å². The second-order valence-corrected chi connectivity index (χ2v) is 4.50. The van der Waals surface area contributed by atoms with E-state index in [9.17, 15) is 0 Å². The molecule has 0 amide bonds. The largest absolute Gasteiger partial charge is 0.501 e. The summed E-state index contributed by atoms with van der Waals surface area (Å²) in [5.41, 5.74) is 1.15. The lowest BCUT2D eigenvalue weighted by atomic mass is 10.1. The normalized spacial score (nSPS) is 11.1. The van der Waals surface area contributed by atoms with E-state index in [-0.39, 0.29) is 0 Å². The smallest absolute Gasteiger partial charge is 0.119 e. The number of fused-ring (bicyclic) bond motifs is 1. The molecule has 0 saturated carbocycles. The maximum atomic E-state index is 5.43. The predicted octanol–water partition coefficient (Wildman–Crippen LogP) is 4.64. The van der Waals surface area contributed by atoms with Crippen molar-refractivity contribution in [2.45, 2.75) is 19.8 Å². The van der Waals surface area contributed by atoms with Gasteiger partial charge >= 0.3 is 0 Å². The molecule has 0 bridgehead atoms. The van der Waals surface area contributed by atoms with E-state index in [4.69, 9.17) is 9.47 Å². The highest BCUT2D eigenvalue weighted by Gasteiger charge is 1.97. The van der Waals surface area contributed by atoms with Crippen LogP contribution in [0.25, 0.3) is 16.8 Å². The third-order valence-corrected chi connectivity index (χ3v) is 3.04. The molecule has 0 aromatic heterocycles. The summed E-state index contributed by atoms with van der Waals surface area (Å²) >= 11 is 0. The molecule has 0 unspecified atom stereocenters. The highest BCUT2D eigenvalue weighted by molar-refractivity contribution is 5.85. The van der Waals surface area contributed by atoms with E-state index in [2.05, 4.69) is 31.2 Å². The first-order valence-electron chi connectivity index (χ1n) is 6.69. The average molecular weight is 256 g/mol. The second kappa shape index (κ2) is 6.83. The van der Waals surface area contributed by atoms with E-state index < -0.39 is 0 Å². The Balaban J connectivity index is 2.09. The molecule has 0 heterocycles. The van der Waals surface area contributed by atoms with Gasteiger partial charge in [-0.15, -0.1) is 0 Å². The average Bonchev–Trinajstić information content (AvgIpc) is 2.46. The summed E-state index contributed by atoms with van der Waals surface area (Å²) < 4.78 is 10.6. The fraction of sp³-hybridized carbons (Fsp3) is 0.294. The van der Waals surface area contributed by atoms with E-state index in [0.717, 1.165) is 30.8 Å². The van der Waals surface area contributed by atoms with Crippen LogP contribution in [0.3, 0.4) is 0 Å². The molecule has 2 aromatic carbocycles. The van der Waals surface area contributed by atoms with Crippen molar-refractivity contribution >= 4 is 16.8 Å². The first-order chi connectivity index (χ1) is 9.33. The van der Waals surface area contributed by atoms with Crippen molar-refractivity contribution < 1.29 is 9.47 Å². The van der Waals surface area contributed by atoms with E-state index >= 15 is 0 Å². The molecule has 2 rings (SSSR count). The second-order valence-electron chi connectivity index (χ2n) is 4.50. The van der Waals surface area contributed by atoms with Gasteiger partial charge in [0.15, 0.2) is 0 Å². The summed E-state index contributed by atoms with van der Waals surface area (Å²) in [5.74, 6) is 0.888. The zero-order valence-electron chi connectivity index (χ0n) is 11.6. The topological polar surface area (TPSA) is 18.5 Å². The Morgan fingerprint density at radius 1 is 1.05 bits per heavy atom. The van der Waals surface area contributed by atoms with Gasteiger partial charge in [0.2, 0.25) is 0 Å². The van der Waals surface area contributed by atoms with Crippen molar-refractivity contribution in [1.29, 1.82) is 0 Å². The van der Waals surface area contributed by atoms with Crippen LogP contribution in [0.15, 0.2) is 42.7 Å². The third kappa shape index (κ3) is 3.75. The first kappa shape index (κ1) is 13.5. The van der Waals surface area contributed by atoms with Crippen LogP contribution in [-0.2, 0) is 4.74 Å². The molecule has 0 saturated heterocycles. The molecule has 0 aliphatic carbocycles. The molecule has 0 spiro atoms. The molecule has 19 heavy (non-hydrogen) atoms. The summed E-state index contributed by atoms with van der Waals surface area (Å²) in [6.07, 6.45) is 6.03.